The Labute approximate surface area is 602 Å². The first-order chi connectivity index (χ1) is 47.7. The van der Waals surface area contributed by atoms with Crippen LogP contribution >= 0.6 is 44.3 Å². The maximum atomic E-state index is 12.1. The molecule has 5 unspecified atom stereocenters. The van der Waals surface area contributed by atoms with Crippen molar-refractivity contribution >= 4 is 50.2 Å². The van der Waals surface area contributed by atoms with Gasteiger partial charge in [-0.3, -0.25) is 66.0 Å². The molecule has 0 aliphatic carbocycles. The van der Waals surface area contributed by atoms with E-state index in [0.717, 1.165) is 27.1 Å². The monoisotopic (exact) mass is 1590 g/mol. The number of nitrogens with one attached hydrogen (secondary N) is 4. The van der Waals surface area contributed by atoms with Crippen LogP contribution in [0.25, 0.3) is 0 Å². The molecule has 12 N–H and O–H groups in total. The molecule has 0 saturated carbocycles. The van der Waals surface area contributed by atoms with Gasteiger partial charge in [-0.25, -0.2) is 23.5 Å². The van der Waals surface area contributed by atoms with E-state index >= 15 is 0 Å². The standard InChI is InChI=1S/C16H25N2O7P.2C14H23N2O9P.C14H23N2O8P.H2S/c1-9(2)24-14-13(10(3)8-26(20,21)22)25-16(15(14)23-5)18-7-6-12(19)17-11(18)4;2*1-7(2)23-11-10(8(3)25-26(19,20)21)24-13(12(11)22-4)16-6-5-9(17)15-14(16)18;1-8(2)23-11-9(5-7-25(19,20)21)24-13(12(11)22-3)16-6-4-10(17)15-14(16)18;/h6-9,13-16H,4H2,1-3,5H3,(H,17,19)(H2,20,21,22);2*5-8,10-13H,1-4H3,(H,15,17,18)(H2,19,20,21);4,6,8-9,11-13H,5,7H2,1-3H3,(H,15,17,18)(H2,19,20,21);1H2/b10-8+;;;;/t13-,14+,15?,16-;8?,10-,11+,12?,13-;8-,10+,11-,12?,13+;9-,11+,12?,13-;/m1101./s1. The van der Waals surface area contributed by atoms with Crippen LogP contribution in [-0.2, 0) is 88.9 Å². The van der Waals surface area contributed by atoms with Crippen molar-refractivity contribution < 1.29 is 128 Å². The number of hydrogen-bond acceptors (Lipinski definition) is 26. The molecule has 5 aliphatic rings. The summed E-state index contributed by atoms with van der Waals surface area (Å²) < 4.78 is 126. The quantitative estimate of drug-likeness (QED) is 0.0460. The number of amides is 1. The van der Waals surface area contributed by atoms with Gasteiger partial charge >= 0.3 is 47.9 Å². The smallest absolute Gasteiger partial charge is 0.374 e. The molecule has 46 heteroatoms. The number of carbonyl (C=O) groups is 1. The number of phosphoric ester groups is 2. The molecule has 8 rings (SSSR count). The number of aromatic nitrogens is 6. The van der Waals surface area contributed by atoms with Gasteiger partial charge in [0.2, 0.25) is 0 Å². The van der Waals surface area contributed by atoms with Gasteiger partial charge in [-0.15, -0.1) is 0 Å². The van der Waals surface area contributed by atoms with Crippen molar-refractivity contribution in [2.24, 2.45) is 0 Å². The second-order valence-electron chi connectivity index (χ2n) is 24.8. The Bertz CT molecular complexity index is 3820. The lowest BCUT2D eigenvalue weighted by Crippen LogP contribution is -2.47. The third kappa shape index (κ3) is 26.4. The third-order valence-electron chi connectivity index (χ3n) is 15.4. The average molecular weight is 1590 g/mol. The highest BCUT2D eigenvalue weighted by molar-refractivity contribution is 7.59. The number of ether oxygens (including phenoxy) is 12. The predicted octanol–water partition coefficient (Wildman–Crippen LogP) is 0.422. The number of nitrogens with zero attached hydrogens (tertiary/aromatic N) is 4. The van der Waals surface area contributed by atoms with E-state index in [1.54, 1.807) is 39.5 Å². The minimum Gasteiger partial charge on any atom is -0.374 e. The molecule has 4 fully saturated rings. The van der Waals surface area contributed by atoms with Gasteiger partial charge in [-0.05, 0) is 88.2 Å². The average Bonchev–Trinajstić information content (AvgIpc) is 1.60. The first-order valence-corrected chi connectivity index (χ1v) is 38.3. The second-order valence-corrected chi connectivity index (χ2v) is 30.4. The molecule has 104 heavy (non-hydrogen) atoms. The van der Waals surface area contributed by atoms with Gasteiger partial charge in [0.25, 0.3) is 22.6 Å². The summed E-state index contributed by atoms with van der Waals surface area (Å²) in [5, 5.41) is 2.58. The van der Waals surface area contributed by atoms with E-state index in [2.05, 4.69) is 26.8 Å². The summed E-state index contributed by atoms with van der Waals surface area (Å²) in [6, 6.07) is 3.48. The number of rotatable bonds is 27. The summed E-state index contributed by atoms with van der Waals surface area (Å²) in [4.78, 5) is 162. The maximum absolute atomic E-state index is 12.1. The zero-order valence-corrected chi connectivity index (χ0v) is 64.0. The van der Waals surface area contributed by atoms with Crippen molar-refractivity contribution in [2.45, 2.75) is 217 Å². The molecular formula is C58H96N8O33P4S. The Morgan fingerprint density at radius 3 is 1.19 bits per heavy atom. The molecule has 41 nitrogen and oxygen atoms in total. The molecule has 4 saturated heterocycles. The van der Waals surface area contributed by atoms with E-state index in [1.807, 2.05) is 27.7 Å². The molecule has 0 aromatic carbocycles. The van der Waals surface area contributed by atoms with E-state index < -0.39 is 175 Å². The second kappa shape index (κ2) is 39.3. The fourth-order valence-electron chi connectivity index (χ4n) is 11.6. The molecular weight excluding hydrogens is 1490 g/mol. The van der Waals surface area contributed by atoms with Gasteiger partial charge in [0.15, 0.2) is 24.9 Å². The van der Waals surface area contributed by atoms with E-state index in [4.69, 9.17) is 95.3 Å². The Kier molecular flexibility index (Phi) is 34.5. The highest BCUT2D eigenvalue weighted by Gasteiger charge is 2.54. The zero-order valence-electron chi connectivity index (χ0n) is 59.4. The largest absolute Gasteiger partial charge is 0.469 e. The summed E-state index contributed by atoms with van der Waals surface area (Å²) in [6.45, 7) is 22.6. The van der Waals surface area contributed by atoms with Gasteiger partial charge < -0.3 is 106 Å². The molecule has 18 atom stereocenters. The highest BCUT2D eigenvalue weighted by Crippen LogP contribution is 2.46. The number of methoxy groups -OCH3 is 4. The Balaban J connectivity index is 0.000000293. The van der Waals surface area contributed by atoms with Crippen molar-refractivity contribution in [1.82, 2.24) is 38.9 Å². The fraction of sp³-hybridized carbons (Fsp3) is 0.672. The first-order valence-electron chi connectivity index (χ1n) is 31.7. The minimum atomic E-state index is -4.76. The number of H-pyrrole nitrogens is 3. The molecule has 0 radical (unpaired) electrons. The Morgan fingerprint density at radius 1 is 0.519 bits per heavy atom. The SMILES string of the molecule is C=C1NC(=O)C=CN1[C@@H]1O[C@H](/C(C)=C/P(=O)(O)O)[C@H](OC(C)C)C1OC.COC1[C@@H](OC(C)C)[C@@H](C(C)OP(=O)(O)O)O[C@H]1n1ccc(=O)[nH]c1=O.COC1[C@@H](OC(C)C)[C@@H](CCP(=O)(O)O)O[C@H]1n1ccc(=O)[nH]c1=O.COC1[C@@H](OC(C)C)[C@@H]([C@H](C)OP(=O)(O)O)O[C@H]1n1ccc(=O)[nH]c1=O.S. The number of hydrogen-bond donors (Lipinski definition) is 12. The van der Waals surface area contributed by atoms with Crippen molar-refractivity contribution in [3.63, 3.8) is 0 Å². The molecule has 592 valence electrons. The lowest BCUT2D eigenvalue weighted by molar-refractivity contribution is -0.118. The lowest BCUT2D eigenvalue weighted by Gasteiger charge is -2.34. The molecule has 5 aliphatic heterocycles. The lowest BCUT2D eigenvalue weighted by atomic mass is 10.0. The Morgan fingerprint density at radius 2 is 0.865 bits per heavy atom. The van der Waals surface area contributed by atoms with E-state index in [-0.39, 0.29) is 56.4 Å². The minimum absolute atomic E-state index is 0. The topological polar surface area (TPSA) is 556 Å². The maximum Gasteiger partial charge on any atom is 0.469 e. The summed E-state index contributed by atoms with van der Waals surface area (Å²) in [5.41, 5.74) is -3.43. The van der Waals surface area contributed by atoms with Crippen molar-refractivity contribution in [3.8, 4) is 0 Å². The summed E-state index contributed by atoms with van der Waals surface area (Å²) >= 11 is 0. The van der Waals surface area contributed by atoms with Crippen LogP contribution < -0.4 is 39.1 Å². The number of phosphoric acid groups is 2. The van der Waals surface area contributed by atoms with Gasteiger partial charge in [0.1, 0.15) is 73.0 Å². The van der Waals surface area contributed by atoms with Crippen molar-refractivity contribution in [3.05, 3.63) is 135 Å². The van der Waals surface area contributed by atoms with Crippen LogP contribution in [0.2, 0.25) is 0 Å². The van der Waals surface area contributed by atoms with Gasteiger partial charge in [0, 0.05) is 83.3 Å². The molecule has 3 aromatic heterocycles. The Hall–Kier alpha value is -5.08. The molecule has 8 heterocycles. The predicted molar refractivity (Wildman–Crippen MR) is 369 cm³/mol. The van der Waals surface area contributed by atoms with Gasteiger partial charge in [-0.1, -0.05) is 6.58 Å². The van der Waals surface area contributed by atoms with Gasteiger partial charge in [0.05, 0.1) is 48.9 Å². The summed E-state index contributed by atoms with van der Waals surface area (Å²) in [7, 11) is -12.4. The highest BCUT2D eigenvalue weighted by atomic mass is 32.1. The van der Waals surface area contributed by atoms with Crippen molar-refractivity contribution in [1.29, 1.82) is 0 Å². The number of carbonyl (C=O) groups excluding carboxylic acids is 1. The number of aromatic amines is 3. The van der Waals surface area contributed by atoms with Crippen LogP contribution in [0.5, 0.6) is 0 Å². The zero-order chi connectivity index (χ0) is 77.7. The third-order valence-corrected chi connectivity index (χ3v) is 18.2. The normalized spacial score (nSPS) is 28.0. The van der Waals surface area contributed by atoms with Crippen LogP contribution in [-0.4, -0.2) is 229 Å². The fourth-order valence-corrected chi connectivity index (χ4v) is 14.0. The van der Waals surface area contributed by atoms with Gasteiger partial charge in [-0.2, -0.15) is 13.5 Å². The molecule has 3 aromatic rings. The molecule has 0 bridgehead atoms. The van der Waals surface area contributed by atoms with Crippen molar-refractivity contribution in [2.75, 3.05) is 34.6 Å². The van der Waals surface area contributed by atoms with E-state index in [9.17, 15) is 61.6 Å². The summed E-state index contributed by atoms with van der Waals surface area (Å²) in [6.07, 6.45) is -9.11. The van der Waals surface area contributed by atoms with E-state index in [0.29, 0.717) is 11.4 Å². The van der Waals surface area contributed by atoms with Crippen LogP contribution in [0.1, 0.15) is 101 Å². The van der Waals surface area contributed by atoms with Crippen LogP contribution in [0, 0.1) is 0 Å². The first kappa shape index (κ1) is 91.3. The van der Waals surface area contributed by atoms with Crippen LogP contribution in [0.15, 0.2) is 102 Å². The van der Waals surface area contributed by atoms with E-state index in [1.165, 1.54) is 83.8 Å². The molecule has 1 amide bonds. The summed E-state index contributed by atoms with van der Waals surface area (Å²) in [5.74, 6) is 0.874. The van der Waals surface area contributed by atoms with Crippen LogP contribution in [0.4, 0.5) is 0 Å². The van der Waals surface area contributed by atoms with Crippen LogP contribution in [0.3, 0.4) is 0 Å². The molecule has 0 spiro atoms.